The maximum atomic E-state index is 7.12. The van der Waals surface area contributed by atoms with E-state index in [0.717, 1.165) is 75.5 Å². The molecule has 0 spiro atoms. The summed E-state index contributed by atoms with van der Waals surface area (Å²) in [6, 6.07) is 70.9. The van der Waals surface area contributed by atoms with Gasteiger partial charge in [-0.2, -0.15) is 0 Å². The van der Waals surface area contributed by atoms with Crippen LogP contribution in [0.15, 0.2) is 212 Å². The van der Waals surface area contributed by atoms with E-state index in [0.29, 0.717) is 0 Å². The van der Waals surface area contributed by atoms with Gasteiger partial charge in [0.05, 0.1) is 11.0 Å². The Morgan fingerprint density at radius 2 is 0.643 bits per heavy atom. The smallest absolute Gasteiger partial charge is 0.0794 e. The first-order chi connectivity index (χ1) is 27.5. The molecule has 0 aliphatic rings. The van der Waals surface area contributed by atoms with Gasteiger partial charge in [-0.15, -0.1) is 0 Å². The lowest BCUT2D eigenvalue weighted by molar-refractivity contribution is 1.53. The largest absolute Gasteiger partial charge is 0.246 e. The number of pyridine rings is 1. The Hall–Kier alpha value is -5.53. The molecule has 9 aromatic carbocycles. The summed E-state index contributed by atoms with van der Waals surface area (Å²) >= 11 is 14.2. The molecule has 0 amide bonds. The molecular weight excluding hydrogens is 753 g/mol. The summed E-state index contributed by atoms with van der Waals surface area (Å²) < 4.78 is 0. The Bertz CT molecular complexity index is 2890. The van der Waals surface area contributed by atoms with Gasteiger partial charge >= 0.3 is 0 Å². The van der Waals surface area contributed by atoms with Crippen molar-refractivity contribution in [2.45, 2.75) is 0 Å². The number of aromatic nitrogens is 1. The molecule has 56 heavy (non-hydrogen) atoms. The van der Waals surface area contributed by atoms with Gasteiger partial charge in [0, 0.05) is 39.2 Å². The molecule has 0 aliphatic carbocycles. The van der Waals surface area contributed by atoms with E-state index < -0.39 is 12.1 Å². The van der Waals surface area contributed by atoms with Crippen LogP contribution in [0.3, 0.4) is 0 Å². The summed E-state index contributed by atoms with van der Waals surface area (Å²) in [5.74, 6) is 0. The summed E-state index contributed by atoms with van der Waals surface area (Å²) in [7, 11) is 0. The van der Waals surface area contributed by atoms with Crippen LogP contribution >= 0.6 is 12.1 Å². The van der Waals surface area contributed by atoms with Crippen LogP contribution in [0.5, 0.6) is 0 Å². The molecule has 1 aromatic heterocycles. The van der Waals surface area contributed by atoms with E-state index in [2.05, 4.69) is 212 Å². The molecule has 0 aliphatic heterocycles. The van der Waals surface area contributed by atoms with Gasteiger partial charge < -0.3 is 0 Å². The van der Waals surface area contributed by atoms with Gasteiger partial charge in [-0.3, -0.25) is 0 Å². The van der Waals surface area contributed by atoms with E-state index in [1.54, 1.807) is 0 Å². The molecule has 0 bridgehead atoms. The third kappa shape index (κ3) is 5.70. The second kappa shape index (κ2) is 14.2. The average molecular weight is 788 g/mol. The molecule has 0 N–H and O–H groups in total. The van der Waals surface area contributed by atoms with Crippen molar-refractivity contribution >= 4 is 111 Å². The number of fused-ring (bicyclic) bond motifs is 6. The number of hydrogen-bond donors (Lipinski definition) is 0. The van der Waals surface area contributed by atoms with Gasteiger partial charge in [-0.1, -0.05) is 218 Å². The molecular formula is C51H35NP2S2. The summed E-state index contributed by atoms with van der Waals surface area (Å²) in [5.41, 5.74) is 4.23. The highest BCUT2D eigenvalue weighted by atomic mass is 32.4. The lowest BCUT2D eigenvalue weighted by Crippen LogP contribution is -2.30. The Morgan fingerprint density at radius 3 is 1.02 bits per heavy atom. The zero-order chi connectivity index (χ0) is 37.7. The topological polar surface area (TPSA) is 12.9 Å². The van der Waals surface area contributed by atoms with Gasteiger partial charge in [0.15, 0.2) is 0 Å². The fraction of sp³-hybridized carbons (Fsp3) is 0. The van der Waals surface area contributed by atoms with Crippen molar-refractivity contribution in [3.63, 3.8) is 0 Å². The van der Waals surface area contributed by atoms with E-state index in [1.165, 1.54) is 10.8 Å². The van der Waals surface area contributed by atoms with Crippen molar-refractivity contribution in [3.8, 4) is 11.1 Å². The summed E-state index contributed by atoms with van der Waals surface area (Å²) in [6.45, 7) is 0. The first-order valence-electron chi connectivity index (χ1n) is 18.8. The SMILES string of the molecule is S=P(c1ccccc1)(c1ccccc1)c1cc(-c2c3ccc4ccccc4c3nc3c2ccc2ccccc23)cc(P(=S)(c2ccccc2)c2ccccc2)c1. The minimum atomic E-state index is -2.61. The Kier molecular flexibility index (Phi) is 8.86. The molecule has 1 heterocycles. The van der Waals surface area contributed by atoms with Crippen LogP contribution < -0.4 is 31.8 Å². The van der Waals surface area contributed by atoms with Crippen molar-refractivity contribution < 1.29 is 0 Å². The van der Waals surface area contributed by atoms with Crippen molar-refractivity contribution in [1.29, 1.82) is 0 Å². The van der Waals surface area contributed by atoms with Crippen LogP contribution in [0.4, 0.5) is 0 Å². The van der Waals surface area contributed by atoms with E-state index >= 15 is 0 Å². The molecule has 10 rings (SSSR count). The highest BCUT2D eigenvalue weighted by Gasteiger charge is 2.31. The fourth-order valence-corrected chi connectivity index (χ4v) is 15.9. The zero-order valence-electron chi connectivity index (χ0n) is 30.4. The first-order valence-corrected chi connectivity index (χ1v) is 24.4. The molecule has 0 unspecified atom stereocenters. The minimum absolute atomic E-state index is 0.991. The minimum Gasteiger partial charge on any atom is -0.246 e. The normalized spacial score (nSPS) is 12.1. The molecule has 10 aromatic rings. The van der Waals surface area contributed by atoms with E-state index in [4.69, 9.17) is 28.6 Å². The van der Waals surface area contributed by atoms with E-state index in [-0.39, 0.29) is 0 Å². The molecule has 5 heteroatoms. The molecule has 0 fully saturated rings. The quantitative estimate of drug-likeness (QED) is 0.0907. The average Bonchev–Trinajstić information content (AvgIpc) is 3.28. The van der Waals surface area contributed by atoms with Crippen LogP contribution in [-0.2, 0) is 23.6 Å². The van der Waals surface area contributed by atoms with Gasteiger partial charge in [-0.05, 0) is 66.4 Å². The van der Waals surface area contributed by atoms with Crippen LogP contribution in [0.1, 0.15) is 0 Å². The third-order valence-electron chi connectivity index (χ3n) is 11.0. The van der Waals surface area contributed by atoms with Gasteiger partial charge in [0.25, 0.3) is 0 Å². The lowest BCUT2D eigenvalue weighted by atomic mass is 9.92. The highest BCUT2D eigenvalue weighted by molar-refractivity contribution is 8.26. The molecule has 0 radical (unpaired) electrons. The maximum absolute atomic E-state index is 7.12. The van der Waals surface area contributed by atoms with Crippen molar-refractivity contribution in [2.75, 3.05) is 0 Å². The van der Waals surface area contributed by atoms with Gasteiger partial charge in [-0.25, -0.2) is 4.98 Å². The van der Waals surface area contributed by atoms with E-state index in [9.17, 15) is 0 Å². The predicted octanol–water partition coefficient (Wildman–Crippen LogP) is 10.9. The highest BCUT2D eigenvalue weighted by Crippen LogP contribution is 2.49. The monoisotopic (exact) mass is 787 g/mol. The molecule has 0 atom stereocenters. The maximum Gasteiger partial charge on any atom is 0.0794 e. The number of nitrogens with zero attached hydrogens (tertiary/aromatic N) is 1. The zero-order valence-corrected chi connectivity index (χ0v) is 33.8. The van der Waals surface area contributed by atoms with Gasteiger partial charge in [0.1, 0.15) is 0 Å². The predicted molar refractivity (Wildman–Crippen MR) is 252 cm³/mol. The number of benzene rings is 9. The number of hydrogen-bond acceptors (Lipinski definition) is 3. The Balaban J connectivity index is 1.40. The van der Waals surface area contributed by atoms with Gasteiger partial charge in [0.2, 0.25) is 0 Å². The molecule has 1 nitrogen and oxygen atoms in total. The Morgan fingerprint density at radius 1 is 0.304 bits per heavy atom. The summed E-state index contributed by atoms with van der Waals surface area (Å²) in [6.07, 6.45) is 0. The van der Waals surface area contributed by atoms with Crippen LogP contribution in [0.2, 0.25) is 0 Å². The van der Waals surface area contributed by atoms with Crippen LogP contribution in [-0.4, -0.2) is 4.98 Å². The van der Waals surface area contributed by atoms with Crippen molar-refractivity contribution in [3.05, 3.63) is 212 Å². The van der Waals surface area contributed by atoms with Crippen molar-refractivity contribution in [2.24, 2.45) is 0 Å². The summed E-state index contributed by atoms with van der Waals surface area (Å²) in [5, 5.41) is 13.7. The van der Waals surface area contributed by atoms with Crippen LogP contribution in [0.25, 0.3) is 54.5 Å². The third-order valence-corrected chi connectivity index (χ3v) is 20.8. The van der Waals surface area contributed by atoms with Crippen molar-refractivity contribution in [1.82, 2.24) is 4.98 Å². The van der Waals surface area contributed by atoms with Crippen LogP contribution in [0, 0.1) is 0 Å². The molecule has 0 saturated heterocycles. The molecule has 266 valence electrons. The second-order valence-corrected chi connectivity index (χ2v) is 23.0. The number of rotatable bonds is 7. The Labute approximate surface area is 337 Å². The standard InChI is InChI=1S/C51H35NP2S2/c55-53(39-19-5-1-6-20-39,40-21-7-2-8-22-40)43-33-38(34-44(35-43)54(56,41-23-9-3-10-24-41)42-25-11-4-12-26-42)49-47-31-29-36-17-13-15-27-45(36)50(47)52-51-46-28-16-14-18-37(46)30-32-48(49)51/h1-35H. The first kappa shape index (κ1) is 34.9. The lowest BCUT2D eigenvalue weighted by Gasteiger charge is -2.29. The second-order valence-electron chi connectivity index (χ2n) is 14.2. The fourth-order valence-electron chi connectivity index (χ4n) is 8.27. The summed E-state index contributed by atoms with van der Waals surface area (Å²) in [4.78, 5) is 5.53. The van der Waals surface area contributed by atoms with E-state index in [1.807, 2.05) is 0 Å². The molecule has 0 saturated carbocycles.